The minimum atomic E-state index is -4.49. The quantitative estimate of drug-likeness (QED) is 0.339. The summed E-state index contributed by atoms with van der Waals surface area (Å²) in [5, 5.41) is 20.9. The van der Waals surface area contributed by atoms with Gasteiger partial charge < -0.3 is 39.8 Å². The number of aliphatic hydroxyl groups is 2. The summed E-state index contributed by atoms with van der Waals surface area (Å²) in [6, 6.07) is 1.43. The molecule has 1 unspecified atom stereocenters. The van der Waals surface area contributed by atoms with Gasteiger partial charge in [-0.3, -0.25) is 14.3 Å². The van der Waals surface area contributed by atoms with E-state index in [2.05, 4.69) is 9.97 Å². The lowest BCUT2D eigenvalue weighted by Gasteiger charge is -2.27. The molecule has 0 bridgehead atoms. The average Bonchev–Trinajstić information content (AvgIpc) is 2.97. The maximum atomic E-state index is 11.9. The summed E-state index contributed by atoms with van der Waals surface area (Å²) >= 11 is 0. The standard InChI is InChI=1S/C12H17N4O8P/c1-12(19)6(17)9(23-4-25(20,21)22)24-10(12)16-3-2-5-7(16)14-11(13)15-8(5)18/h2-3,6,9-10,17,19H,4H2,1H3,(H2,20,21,22)(H3,13,14,15,18)/t6?,9-,10+,12+/m0/s1. The minimum Gasteiger partial charge on any atom is -0.385 e. The number of anilines is 1. The van der Waals surface area contributed by atoms with Gasteiger partial charge in [-0.1, -0.05) is 0 Å². The van der Waals surface area contributed by atoms with E-state index < -0.39 is 43.7 Å². The molecule has 0 radical (unpaired) electrons. The predicted molar refractivity (Wildman–Crippen MR) is 83.3 cm³/mol. The zero-order chi connectivity index (χ0) is 18.6. The van der Waals surface area contributed by atoms with E-state index in [-0.39, 0.29) is 17.0 Å². The average molecular weight is 376 g/mol. The molecule has 2 aromatic heterocycles. The Bertz CT molecular complexity index is 902. The van der Waals surface area contributed by atoms with Crippen molar-refractivity contribution in [2.75, 3.05) is 12.1 Å². The third-order valence-corrected chi connectivity index (χ3v) is 4.36. The van der Waals surface area contributed by atoms with Crippen LogP contribution in [0, 0.1) is 0 Å². The van der Waals surface area contributed by atoms with Crippen LogP contribution in [0.4, 0.5) is 5.95 Å². The second kappa shape index (κ2) is 5.88. The predicted octanol–water partition coefficient (Wildman–Crippen LogP) is -1.57. The molecule has 0 amide bonds. The van der Waals surface area contributed by atoms with Crippen LogP contribution in [0.1, 0.15) is 13.2 Å². The van der Waals surface area contributed by atoms with E-state index in [4.69, 9.17) is 25.0 Å². The van der Waals surface area contributed by atoms with Crippen LogP contribution in [0.25, 0.3) is 11.0 Å². The lowest BCUT2D eigenvalue weighted by atomic mass is 9.99. The number of nitrogens with zero attached hydrogens (tertiary/aromatic N) is 2. The fourth-order valence-corrected chi connectivity index (χ4v) is 3.00. The van der Waals surface area contributed by atoms with E-state index >= 15 is 0 Å². The molecule has 12 nitrogen and oxygen atoms in total. The first-order valence-corrected chi connectivity index (χ1v) is 8.89. The number of aromatic amines is 1. The molecule has 1 aliphatic rings. The molecule has 2 aromatic rings. The van der Waals surface area contributed by atoms with E-state index in [9.17, 15) is 19.6 Å². The summed E-state index contributed by atoms with van der Waals surface area (Å²) in [5.41, 5.74) is 3.24. The Labute approximate surface area is 140 Å². The monoisotopic (exact) mass is 376 g/mol. The van der Waals surface area contributed by atoms with Crippen molar-refractivity contribution in [1.82, 2.24) is 14.5 Å². The van der Waals surface area contributed by atoms with Gasteiger partial charge in [0.25, 0.3) is 5.56 Å². The van der Waals surface area contributed by atoms with Crippen LogP contribution in [-0.2, 0) is 14.0 Å². The lowest BCUT2D eigenvalue weighted by Crippen LogP contribution is -2.44. The smallest absolute Gasteiger partial charge is 0.351 e. The summed E-state index contributed by atoms with van der Waals surface area (Å²) < 4.78 is 22.5. The van der Waals surface area contributed by atoms with E-state index in [0.717, 1.165) is 0 Å². The van der Waals surface area contributed by atoms with Crippen LogP contribution in [0.3, 0.4) is 0 Å². The van der Waals surface area contributed by atoms with Crippen molar-refractivity contribution in [3.8, 4) is 0 Å². The third-order valence-electron chi connectivity index (χ3n) is 3.88. The number of hydrogen-bond acceptors (Lipinski definition) is 8. The molecule has 138 valence electrons. The summed E-state index contributed by atoms with van der Waals surface area (Å²) in [4.78, 5) is 35.9. The van der Waals surface area contributed by atoms with Crippen LogP contribution in [0.5, 0.6) is 0 Å². The Morgan fingerprint density at radius 2 is 2.24 bits per heavy atom. The number of aromatic nitrogens is 3. The highest BCUT2D eigenvalue weighted by atomic mass is 31.2. The van der Waals surface area contributed by atoms with Gasteiger partial charge in [0.05, 0.1) is 5.39 Å². The van der Waals surface area contributed by atoms with Gasteiger partial charge >= 0.3 is 7.60 Å². The Morgan fingerprint density at radius 1 is 1.56 bits per heavy atom. The Morgan fingerprint density at radius 3 is 2.88 bits per heavy atom. The number of nitrogens with one attached hydrogen (secondary N) is 1. The van der Waals surface area contributed by atoms with Crippen LogP contribution in [0.2, 0.25) is 0 Å². The van der Waals surface area contributed by atoms with Crippen molar-refractivity contribution in [3.05, 3.63) is 22.6 Å². The molecular weight excluding hydrogens is 359 g/mol. The van der Waals surface area contributed by atoms with Gasteiger partial charge in [-0.25, -0.2) is 0 Å². The highest BCUT2D eigenvalue weighted by Gasteiger charge is 2.54. The fourth-order valence-electron chi connectivity index (χ4n) is 2.66. The van der Waals surface area contributed by atoms with Crippen LogP contribution < -0.4 is 11.3 Å². The number of aliphatic hydroxyl groups excluding tert-OH is 1. The number of H-pyrrole nitrogens is 1. The summed E-state index contributed by atoms with van der Waals surface area (Å²) in [6.45, 7) is 1.26. The maximum absolute atomic E-state index is 11.9. The summed E-state index contributed by atoms with van der Waals surface area (Å²) in [7, 11) is -4.49. The molecule has 3 rings (SSSR count). The van der Waals surface area contributed by atoms with Gasteiger partial charge in [-0.2, -0.15) is 4.98 Å². The first-order valence-electron chi connectivity index (χ1n) is 7.09. The molecule has 3 heterocycles. The Hall–Kier alpha value is -1.79. The van der Waals surface area contributed by atoms with Crippen molar-refractivity contribution in [3.63, 3.8) is 0 Å². The van der Waals surface area contributed by atoms with Crippen molar-refractivity contribution in [2.24, 2.45) is 0 Å². The molecule has 0 aliphatic carbocycles. The maximum Gasteiger partial charge on any atom is 0.351 e. The lowest BCUT2D eigenvalue weighted by molar-refractivity contribution is -0.167. The van der Waals surface area contributed by atoms with Crippen molar-refractivity contribution in [1.29, 1.82) is 0 Å². The second-order valence-corrected chi connectivity index (χ2v) is 7.49. The molecular formula is C12H17N4O8P. The van der Waals surface area contributed by atoms with Gasteiger partial charge in [-0.05, 0) is 13.0 Å². The SMILES string of the molecule is C[C@@]1(O)C(O)[C@@H](OCP(=O)(O)O)O[C@H]1n1ccc2c(=O)[nH]c(N)nc21. The molecule has 1 fully saturated rings. The zero-order valence-corrected chi connectivity index (χ0v) is 13.8. The van der Waals surface area contributed by atoms with Crippen LogP contribution in [-0.4, -0.2) is 58.9 Å². The molecule has 25 heavy (non-hydrogen) atoms. The number of hydrogen-bond donors (Lipinski definition) is 6. The largest absolute Gasteiger partial charge is 0.385 e. The molecule has 0 spiro atoms. The van der Waals surface area contributed by atoms with Gasteiger partial charge in [0.2, 0.25) is 5.95 Å². The van der Waals surface area contributed by atoms with Gasteiger partial charge in [-0.15, -0.1) is 0 Å². The summed E-state index contributed by atoms with van der Waals surface area (Å²) in [5.74, 6) is -0.148. The van der Waals surface area contributed by atoms with Crippen molar-refractivity contribution >= 4 is 24.6 Å². The highest BCUT2D eigenvalue weighted by Crippen LogP contribution is 2.42. The fraction of sp³-hybridized carbons (Fsp3) is 0.500. The van der Waals surface area contributed by atoms with Crippen LogP contribution in [0.15, 0.2) is 17.1 Å². The van der Waals surface area contributed by atoms with E-state index in [1.54, 1.807) is 0 Å². The topological polar surface area (TPSA) is 193 Å². The number of nitrogen functional groups attached to an aromatic ring is 1. The van der Waals surface area contributed by atoms with Gasteiger partial charge in [0.15, 0.2) is 24.5 Å². The number of rotatable bonds is 4. The van der Waals surface area contributed by atoms with E-state index in [1.165, 1.54) is 23.8 Å². The minimum absolute atomic E-state index is 0.106. The van der Waals surface area contributed by atoms with Crippen molar-refractivity contribution in [2.45, 2.75) is 31.1 Å². The Kier molecular flexibility index (Phi) is 4.24. The molecule has 7 N–H and O–H groups in total. The molecule has 13 heteroatoms. The molecule has 0 saturated carbocycles. The van der Waals surface area contributed by atoms with E-state index in [0.29, 0.717) is 0 Å². The normalized spacial score (nSPS) is 30.2. The summed E-state index contributed by atoms with van der Waals surface area (Å²) in [6.07, 6.45) is -3.93. The molecule has 1 saturated heterocycles. The second-order valence-electron chi connectivity index (χ2n) is 5.90. The number of nitrogens with two attached hydrogens (primary N) is 1. The third kappa shape index (κ3) is 3.20. The van der Waals surface area contributed by atoms with Gasteiger partial charge in [0.1, 0.15) is 11.7 Å². The molecule has 1 aliphatic heterocycles. The first-order chi connectivity index (χ1) is 11.5. The van der Waals surface area contributed by atoms with Gasteiger partial charge in [0, 0.05) is 6.20 Å². The number of fused-ring (bicyclic) bond motifs is 1. The first kappa shape index (κ1) is 18.0. The zero-order valence-electron chi connectivity index (χ0n) is 12.9. The molecule has 0 aromatic carbocycles. The molecule has 4 atom stereocenters. The van der Waals surface area contributed by atoms with E-state index in [1.807, 2.05) is 0 Å². The Balaban J connectivity index is 1.97. The number of ether oxygens (including phenoxy) is 2. The van der Waals surface area contributed by atoms with Crippen molar-refractivity contribution < 1.29 is 34.0 Å². The highest BCUT2D eigenvalue weighted by molar-refractivity contribution is 7.51. The van der Waals surface area contributed by atoms with Crippen LogP contribution >= 0.6 is 7.60 Å².